The third-order valence-electron chi connectivity index (χ3n) is 2.08. The number of ether oxygens (including phenoxy) is 2. The third-order valence-corrected chi connectivity index (χ3v) is 2.08. The van der Waals surface area contributed by atoms with Crippen molar-refractivity contribution in [2.45, 2.75) is 5.92 Å². The van der Waals surface area contributed by atoms with Crippen molar-refractivity contribution >= 4 is 11.9 Å². The van der Waals surface area contributed by atoms with Crippen LogP contribution in [-0.4, -0.2) is 26.2 Å². The minimum atomic E-state index is -1.17. The molecule has 0 aliphatic heterocycles. The lowest BCUT2D eigenvalue weighted by Gasteiger charge is -2.12. The van der Waals surface area contributed by atoms with Crippen LogP contribution in [0.4, 0.5) is 4.39 Å². The van der Waals surface area contributed by atoms with Crippen molar-refractivity contribution in [1.82, 2.24) is 0 Å². The molecule has 0 bridgehead atoms. The Morgan fingerprint density at radius 3 is 1.88 bits per heavy atom. The van der Waals surface area contributed by atoms with E-state index in [0.29, 0.717) is 5.56 Å². The number of methoxy groups -OCH3 is 2. The van der Waals surface area contributed by atoms with Crippen LogP contribution in [0.5, 0.6) is 0 Å². The van der Waals surface area contributed by atoms with Gasteiger partial charge >= 0.3 is 11.9 Å². The summed E-state index contributed by atoms with van der Waals surface area (Å²) in [6, 6.07) is 5.00. The second-order valence-corrected chi connectivity index (χ2v) is 3.03. The minimum absolute atomic E-state index is 0.333. The lowest BCUT2D eigenvalue weighted by atomic mass is 9.99. The molecule has 0 aliphatic carbocycles. The molecule has 0 amide bonds. The molecule has 1 aromatic carbocycles. The normalized spacial score (nSPS) is 10.0. The van der Waals surface area contributed by atoms with Crippen molar-refractivity contribution < 1.29 is 23.5 Å². The maximum atomic E-state index is 12.7. The van der Waals surface area contributed by atoms with Gasteiger partial charge in [0.1, 0.15) is 5.82 Å². The van der Waals surface area contributed by atoms with E-state index in [-0.39, 0.29) is 0 Å². The largest absolute Gasteiger partial charge is 0.468 e. The highest BCUT2D eigenvalue weighted by molar-refractivity contribution is 6.00. The number of halogens is 1. The fourth-order valence-electron chi connectivity index (χ4n) is 1.26. The van der Waals surface area contributed by atoms with E-state index in [1.807, 2.05) is 0 Å². The Morgan fingerprint density at radius 2 is 1.50 bits per heavy atom. The van der Waals surface area contributed by atoms with Gasteiger partial charge in [-0.2, -0.15) is 0 Å². The van der Waals surface area contributed by atoms with Gasteiger partial charge in [-0.3, -0.25) is 9.59 Å². The van der Waals surface area contributed by atoms with Gasteiger partial charge in [-0.15, -0.1) is 0 Å². The fraction of sp³-hybridized carbons (Fsp3) is 0.273. The molecule has 0 fully saturated rings. The summed E-state index contributed by atoms with van der Waals surface area (Å²) in [5, 5.41) is 0. The van der Waals surface area contributed by atoms with Crippen molar-refractivity contribution in [2.75, 3.05) is 14.2 Å². The van der Waals surface area contributed by atoms with Gasteiger partial charge in [-0.05, 0) is 17.7 Å². The number of rotatable bonds is 3. The van der Waals surface area contributed by atoms with E-state index in [2.05, 4.69) is 9.47 Å². The second kappa shape index (κ2) is 5.25. The molecule has 1 aromatic rings. The van der Waals surface area contributed by atoms with Crippen molar-refractivity contribution in [3.63, 3.8) is 0 Å². The predicted molar refractivity (Wildman–Crippen MR) is 53.2 cm³/mol. The number of esters is 2. The number of hydrogen-bond donors (Lipinski definition) is 0. The summed E-state index contributed by atoms with van der Waals surface area (Å²) in [4.78, 5) is 22.8. The molecular formula is C11H11FO4. The highest BCUT2D eigenvalue weighted by atomic mass is 19.1. The van der Waals surface area contributed by atoms with Crippen LogP contribution in [0.25, 0.3) is 0 Å². The fourth-order valence-corrected chi connectivity index (χ4v) is 1.26. The van der Waals surface area contributed by atoms with E-state index >= 15 is 0 Å². The molecule has 0 N–H and O–H groups in total. The summed E-state index contributed by atoms with van der Waals surface area (Å²) in [5.74, 6) is -3.09. The molecule has 86 valence electrons. The van der Waals surface area contributed by atoms with Crippen molar-refractivity contribution in [1.29, 1.82) is 0 Å². The first kappa shape index (κ1) is 12.2. The van der Waals surface area contributed by atoms with Crippen LogP contribution in [0.3, 0.4) is 0 Å². The smallest absolute Gasteiger partial charge is 0.324 e. The Labute approximate surface area is 92.0 Å². The quantitative estimate of drug-likeness (QED) is 0.575. The molecule has 0 unspecified atom stereocenters. The zero-order chi connectivity index (χ0) is 12.1. The van der Waals surface area contributed by atoms with Gasteiger partial charge < -0.3 is 9.47 Å². The summed E-state index contributed by atoms with van der Waals surface area (Å²) in [6.07, 6.45) is 0. The molecule has 0 atom stereocenters. The lowest BCUT2D eigenvalue weighted by molar-refractivity contribution is -0.154. The molecule has 1 rings (SSSR count). The monoisotopic (exact) mass is 226 g/mol. The highest BCUT2D eigenvalue weighted by Crippen LogP contribution is 2.19. The van der Waals surface area contributed by atoms with Gasteiger partial charge in [-0.1, -0.05) is 12.1 Å². The first-order chi connectivity index (χ1) is 7.60. The van der Waals surface area contributed by atoms with Gasteiger partial charge in [0.25, 0.3) is 0 Å². The molecule has 4 nitrogen and oxygen atoms in total. The van der Waals surface area contributed by atoms with E-state index in [0.717, 1.165) is 12.1 Å². The molecule has 5 heteroatoms. The van der Waals surface area contributed by atoms with Gasteiger partial charge in [-0.25, -0.2) is 4.39 Å². The molecule has 0 aliphatic rings. The van der Waals surface area contributed by atoms with Crippen LogP contribution in [-0.2, 0) is 19.1 Å². The summed E-state index contributed by atoms with van der Waals surface area (Å²) in [7, 11) is 2.34. The van der Waals surface area contributed by atoms with Crippen molar-refractivity contribution in [3.05, 3.63) is 35.6 Å². The minimum Gasteiger partial charge on any atom is -0.468 e. The Hall–Kier alpha value is -1.91. The Balaban J connectivity index is 3.06. The van der Waals surface area contributed by atoms with Crippen LogP contribution in [0, 0.1) is 5.82 Å². The van der Waals surface area contributed by atoms with Gasteiger partial charge in [0.05, 0.1) is 14.2 Å². The maximum Gasteiger partial charge on any atom is 0.324 e. The zero-order valence-electron chi connectivity index (χ0n) is 8.90. The molecule has 16 heavy (non-hydrogen) atoms. The van der Waals surface area contributed by atoms with Crippen LogP contribution in [0.2, 0.25) is 0 Å². The molecule has 0 radical (unpaired) electrons. The first-order valence-corrected chi connectivity index (χ1v) is 4.51. The molecule has 0 saturated carbocycles. The highest BCUT2D eigenvalue weighted by Gasteiger charge is 2.30. The molecular weight excluding hydrogens is 215 g/mol. The first-order valence-electron chi connectivity index (χ1n) is 4.51. The summed E-state index contributed by atoms with van der Waals surface area (Å²) in [5.41, 5.74) is 0.333. The van der Waals surface area contributed by atoms with Crippen LogP contribution in [0.15, 0.2) is 24.3 Å². The van der Waals surface area contributed by atoms with Crippen LogP contribution < -0.4 is 0 Å². The number of benzene rings is 1. The van der Waals surface area contributed by atoms with E-state index in [1.54, 1.807) is 0 Å². The number of carbonyl (C=O) groups is 2. The Bertz CT molecular complexity index is 369. The number of hydrogen-bond acceptors (Lipinski definition) is 4. The standard InChI is InChI=1S/C11H11FO4/c1-15-10(13)9(11(14)16-2)7-3-5-8(12)6-4-7/h3-6,9H,1-2H3. The SMILES string of the molecule is COC(=O)C(C(=O)OC)c1ccc(F)cc1. The summed E-state index contributed by atoms with van der Waals surface area (Å²) in [6.45, 7) is 0. The molecule has 0 heterocycles. The van der Waals surface area contributed by atoms with Gasteiger partial charge in [0, 0.05) is 0 Å². The van der Waals surface area contributed by atoms with E-state index in [1.165, 1.54) is 26.4 Å². The van der Waals surface area contributed by atoms with E-state index in [4.69, 9.17) is 0 Å². The average molecular weight is 226 g/mol. The molecule has 0 saturated heterocycles. The van der Waals surface area contributed by atoms with Gasteiger partial charge in [0.15, 0.2) is 5.92 Å². The predicted octanol–water partition coefficient (Wildman–Crippen LogP) is 1.26. The second-order valence-electron chi connectivity index (χ2n) is 3.03. The number of carbonyl (C=O) groups excluding carboxylic acids is 2. The van der Waals surface area contributed by atoms with Gasteiger partial charge in [0.2, 0.25) is 0 Å². The maximum absolute atomic E-state index is 12.7. The van der Waals surface area contributed by atoms with Crippen LogP contribution in [0.1, 0.15) is 11.5 Å². The summed E-state index contributed by atoms with van der Waals surface area (Å²) >= 11 is 0. The Kier molecular flexibility index (Phi) is 3.99. The summed E-state index contributed by atoms with van der Waals surface area (Å²) < 4.78 is 21.7. The van der Waals surface area contributed by atoms with Crippen molar-refractivity contribution in [3.8, 4) is 0 Å². The topological polar surface area (TPSA) is 52.6 Å². The third kappa shape index (κ3) is 2.56. The van der Waals surface area contributed by atoms with Crippen molar-refractivity contribution in [2.24, 2.45) is 0 Å². The molecule has 0 spiro atoms. The van der Waals surface area contributed by atoms with Crippen LogP contribution >= 0.6 is 0 Å². The zero-order valence-corrected chi connectivity index (χ0v) is 8.90. The molecule has 0 aromatic heterocycles. The lowest BCUT2D eigenvalue weighted by Crippen LogP contribution is -2.24. The van der Waals surface area contributed by atoms with E-state index < -0.39 is 23.7 Å². The Morgan fingerprint density at radius 1 is 1.06 bits per heavy atom. The van der Waals surface area contributed by atoms with E-state index in [9.17, 15) is 14.0 Å². The average Bonchev–Trinajstić information content (AvgIpc) is 2.31.